The van der Waals surface area contributed by atoms with E-state index < -0.39 is 5.60 Å². The van der Waals surface area contributed by atoms with Gasteiger partial charge in [-0.05, 0) is 69.2 Å². The highest BCUT2D eigenvalue weighted by atomic mass is 16.3. The first-order valence-electron chi connectivity index (χ1n) is 9.51. The van der Waals surface area contributed by atoms with E-state index in [0.717, 1.165) is 25.9 Å². The minimum Gasteiger partial charge on any atom is -0.382 e. The van der Waals surface area contributed by atoms with Gasteiger partial charge in [0.05, 0.1) is 6.20 Å². The molecule has 0 saturated carbocycles. The normalized spacial score (nSPS) is 24.0. The van der Waals surface area contributed by atoms with Crippen LogP contribution < -0.4 is 0 Å². The molecule has 0 radical (unpaired) electrons. The first-order valence-corrected chi connectivity index (χ1v) is 9.51. The van der Waals surface area contributed by atoms with Crippen molar-refractivity contribution >= 4 is 0 Å². The second-order valence-corrected chi connectivity index (χ2v) is 7.98. The summed E-state index contributed by atoms with van der Waals surface area (Å²) >= 11 is 0. The van der Waals surface area contributed by atoms with Gasteiger partial charge in [-0.2, -0.15) is 0 Å². The van der Waals surface area contributed by atoms with Crippen LogP contribution in [-0.2, 0) is 25.0 Å². The molecule has 1 aromatic heterocycles. The number of likely N-dealkylation sites (tertiary alicyclic amines) is 1. The Morgan fingerprint density at radius 1 is 1.20 bits per heavy atom. The topological polar surface area (TPSA) is 54.2 Å². The van der Waals surface area contributed by atoms with Crippen LogP contribution in [0.2, 0.25) is 0 Å². The molecule has 1 aliphatic carbocycles. The van der Waals surface area contributed by atoms with Crippen molar-refractivity contribution < 1.29 is 5.11 Å². The molecular formula is C20H28N4O. The van der Waals surface area contributed by atoms with Crippen molar-refractivity contribution in [2.75, 3.05) is 13.1 Å². The summed E-state index contributed by atoms with van der Waals surface area (Å²) in [6.45, 7) is 6.69. The zero-order valence-electron chi connectivity index (χ0n) is 15.3. The summed E-state index contributed by atoms with van der Waals surface area (Å²) in [7, 11) is 0. The van der Waals surface area contributed by atoms with Crippen molar-refractivity contribution in [3.63, 3.8) is 0 Å². The molecule has 5 heteroatoms. The van der Waals surface area contributed by atoms with E-state index in [1.54, 1.807) is 0 Å². The lowest BCUT2D eigenvalue weighted by Gasteiger charge is -2.38. The molecule has 2 aromatic rings. The number of aromatic nitrogens is 3. The van der Waals surface area contributed by atoms with Crippen LogP contribution in [0, 0.1) is 0 Å². The third-order valence-electron chi connectivity index (χ3n) is 5.64. The second-order valence-electron chi connectivity index (χ2n) is 7.98. The Balaban J connectivity index is 1.48. The number of nitrogens with zero attached hydrogens (tertiary/aromatic N) is 4. The van der Waals surface area contributed by atoms with Gasteiger partial charge in [0.2, 0.25) is 0 Å². The smallest absolute Gasteiger partial charge is 0.123 e. The van der Waals surface area contributed by atoms with Gasteiger partial charge in [-0.15, -0.1) is 5.10 Å². The lowest BCUT2D eigenvalue weighted by Crippen LogP contribution is -2.45. The number of rotatable bonds is 4. The first-order chi connectivity index (χ1) is 12.0. The number of fused-ring (bicyclic) bond motifs is 1. The van der Waals surface area contributed by atoms with Crippen LogP contribution in [0.15, 0.2) is 24.4 Å². The molecule has 1 aromatic carbocycles. The third-order valence-corrected chi connectivity index (χ3v) is 5.64. The molecule has 1 aliphatic heterocycles. The van der Waals surface area contributed by atoms with Gasteiger partial charge in [-0.25, -0.2) is 4.68 Å². The summed E-state index contributed by atoms with van der Waals surface area (Å²) in [6, 6.07) is 7.18. The summed E-state index contributed by atoms with van der Waals surface area (Å²) in [6.07, 6.45) is 7.37. The van der Waals surface area contributed by atoms with Gasteiger partial charge < -0.3 is 5.11 Å². The van der Waals surface area contributed by atoms with E-state index >= 15 is 0 Å². The van der Waals surface area contributed by atoms with Crippen LogP contribution in [0.4, 0.5) is 0 Å². The number of aryl methyl sites for hydroxylation is 2. The number of hydrogen-bond acceptors (Lipinski definition) is 4. The first kappa shape index (κ1) is 16.7. The Morgan fingerprint density at radius 2 is 2.04 bits per heavy atom. The molecule has 1 N–H and O–H groups in total. The second kappa shape index (κ2) is 6.54. The zero-order valence-corrected chi connectivity index (χ0v) is 15.3. The summed E-state index contributed by atoms with van der Waals surface area (Å²) in [5.41, 5.74) is 4.21. The predicted molar refractivity (Wildman–Crippen MR) is 97.3 cm³/mol. The van der Waals surface area contributed by atoms with Crippen LogP contribution in [0.1, 0.15) is 61.5 Å². The van der Waals surface area contributed by atoms with Crippen molar-refractivity contribution in [1.29, 1.82) is 0 Å². The number of aliphatic hydroxyl groups is 1. The lowest BCUT2D eigenvalue weighted by atomic mass is 9.89. The number of piperidine rings is 1. The Labute approximate surface area is 149 Å². The minimum absolute atomic E-state index is 0.260. The van der Waals surface area contributed by atoms with Gasteiger partial charge in [-0.1, -0.05) is 23.4 Å². The highest BCUT2D eigenvalue weighted by Crippen LogP contribution is 2.31. The highest BCUT2D eigenvalue weighted by Gasteiger charge is 2.37. The van der Waals surface area contributed by atoms with Crippen LogP contribution in [-0.4, -0.2) is 38.1 Å². The Bertz CT molecular complexity index is 754. The zero-order chi connectivity index (χ0) is 17.4. The van der Waals surface area contributed by atoms with Gasteiger partial charge >= 0.3 is 0 Å². The largest absolute Gasteiger partial charge is 0.382 e. The van der Waals surface area contributed by atoms with E-state index in [0.29, 0.717) is 12.2 Å². The lowest BCUT2D eigenvalue weighted by molar-refractivity contribution is -0.0414. The molecule has 5 nitrogen and oxygen atoms in total. The van der Waals surface area contributed by atoms with Gasteiger partial charge in [0.15, 0.2) is 0 Å². The van der Waals surface area contributed by atoms with Gasteiger partial charge in [0.1, 0.15) is 11.3 Å². The predicted octanol–water partition coefficient (Wildman–Crippen LogP) is 2.83. The highest BCUT2D eigenvalue weighted by molar-refractivity contribution is 5.35. The standard InChI is InChI=1S/C20H28N4O/c1-15(2)24-13-19(21-22-24)20(25)9-4-10-23(14-20)12-16-7-8-17-5-3-6-18(17)11-16/h7-8,11,13,15,25H,3-6,9-10,12,14H2,1-2H3/t20-/m0/s1. The van der Waals surface area contributed by atoms with E-state index in [-0.39, 0.29) is 6.04 Å². The van der Waals surface area contributed by atoms with Crippen molar-refractivity contribution in [2.45, 2.75) is 64.1 Å². The summed E-state index contributed by atoms with van der Waals surface area (Å²) < 4.78 is 1.83. The van der Waals surface area contributed by atoms with Crippen molar-refractivity contribution in [3.8, 4) is 0 Å². The Kier molecular flexibility index (Phi) is 4.38. The van der Waals surface area contributed by atoms with Gasteiger partial charge in [-0.3, -0.25) is 4.90 Å². The average Bonchev–Trinajstić information content (AvgIpc) is 3.24. The molecule has 4 rings (SSSR count). The van der Waals surface area contributed by atoms with E-state index in [2.05, 4.69) is 47.3 Å². The van der Waals surface area contributed by atoms with E-state index in [4.69, 9.17) is 0 Å². The number of benzene rings is 1. The van der Waals surface area contributed by atoms with Gasteiger partial charge in [0, 0.05) is 19.1 Å². The molecular weight excluding hydrogens is 312 g/mol. The maximum absolute atomic E-state index is 11.2. The molecule has 1 fully saturated rings. The van der Waals surface area contributed by atoms with E-state index in [9.17, 15) is 5.11 Å². The quantitative estimate of drug-likeness (QED) is 0.930. The summed E-state index contributed by atoms with van der Waals surface area (Å²) in [5, 5.41) is 19.6. The third kappa shape index (κ3) is 3.35. The molecule has 1 saturated heterocycles. The maximum atomic E-state index is 11.2. The van der Waals surface area contributed by atoms with Crippen LogP contribution in [0.3, 0.4) is 0 Å². The number of β-amino-alcohol motifs (C(OH)–C–C–N with tert-alkyl or cyclic N) is 1. The van der Waals surface area contributed by atoms with Crippen molar-refractivity contribution in [3.05, 3.63) is 46.8 Å². The van der Waals surface area contributed by atoms with Gasteiger partial charge in [0.25, 0.3) is 0 Å². The molecule has 2 heterocycles. The summed E-state index contributed by atoms with van der Waals surface area (Å²) in [5.74, 6) is 0. The molecule has 0 amide bonds. The Morgan fingerprint density at radius 3 is 2.84 bits per heavy atom. The fraction of sp³-hybridized carbons (Fsp3) is 0.600. The van der Waals surface area contributed by atoms with Crippen molar-refractivity contribution in [2.24, 2.45) is 0 Å². The molecule has 25 heavy (non-hydrogen) atoms. The monoisotopic (exact) mass is 340 g/mol. The van der Waals surface area contributed by atoms with Crippen LogP contribution in [0.5, 0.6) is 0 Å². The molecule has 0 unspecified atom stereocenters. The van der Waals surface area contributed by atoms with E-state index in [1.807, 2.05) is 10.9 Å². The average molecular weight is 340 g/mol. The van der Waals surface area contributed by atoms with Crippen molar-refractivity contribution in [1.82, 2.24) is 19.9 Å². The molecule has 0 spiro atoms. The fourth-order valence-electron chi connectivity index (χ4n) is 4.19. The fourth-order valence-corrected chi connectivity index (χ4v) is 4.19. The summed E-state index contributed by atoms with van der Waals surface area (Å²) in [4.78, 5) is 2.36. The van der Waals surface area contributed by atoms with Crippen LogP contribution >= 0.6 is 0 Å². The molecule has 1 atom stereocenters. The molecule has 2 aliphatic rings. The maximum Gasteiger partial charge on any atom is 0.123 e. The molecule has 0 bridgehead atoms. The Hall–Kier alpha value is -1.72. The molecule has 134 valence electrons. The number of hydrogen-bond donors (Lipinski definition) is 1. The minimum atomic E-state index is -0.887. The SMILES string of the molecule is CC(C)n1cc([C@]2(O)CCCN(Cc3ccc4c(c3)CCC4)C2)nn1. The van der Waals surface area contributed by atoms with E-state index in [1.165, 1.54) is 36.0 Å². The van der Waals surface area contributed by atoms with Crippen LogP contribution in [0.25, 0.3) is 0 Å².